The molecular weight excluding hydrogens is 409 g/mol. The van der Waals surface area contributed by atoms with E-state index in [0.29, 0.717) is 44.9 Å². The molecule has 2 aromatic carbocycles. The molecule has 6 nitrogen and oxygen atoms in total. The van der Waals surface area contributed by atoms with Gasteiger partial charge in [-0.2, -0.15) is 5.26 Å². The maximum Gasteiger partial charge on any atom is 0.256 e. The molecule has 1 amide bonds. The fourth-order valence-electron chi connectivity index (χ4n) is 3.30. The van der Waals surface area contributed by atoms with E-state index >= 15 is 0 Å². The number of carbonyl (C=O) groups is 1. The molecule has 0 aliphatic carbocycles. The molecule has 0 radical (unpaired) electrons. The number of aliphatic hydroxyl groups is 1. The van der Waals surface area contributed by atoms with Crippen LogP contribution < -0.4 is 4.74 Å². The molecule has 1 N–H and O–H groups in total. The number of piperazine rings is 1. The van der Waals surface area contributed by atoms with E-state index in [-0.39, 0.29) is 23.1 Å². The number of carbonyl (C=O) groups excluding carboxylic acids is 1. The number of amides is 1. The van der Waals surface area contributed by atoms with Gasteiger partial charge < -0.3 is 14.7 Å². The van der Waals surface area contributed by atoms with Gasteiger partial charge in [0, 0.05) is 37.7 Å². The van der Waals surface area contributed by atoms with Gasteiger partial charge in [0.25, 0.3) is 5.91 Å². The monoisotopic (exact) mass is 431 g/mol. The van der Waals surface area contributed by atoms with Gasteiger partial charge in [-0.25, -0.2) is 4.39 Å². The summed E-state index contributed by atoms with van der Waals surface area (Å²) in [4.78, 5) is 16.2. The van der Waals surface area contributed by atoms with Gasteiger partial charge in [-0.1, -0.05) is 23.7 Å². The number of ether oxygens (including phenoxy) is 1. The average Bonchev–Trinajstić information content (AvgIpc) is 2.74. The standard InChI is InChI=1S/C22H23ClFN3O3/c23-17-3-6-20(21(24)13-17)22(29)27-11-9-26(10-12-27)14-18(28)15-30-19-4-1-16(2-5-19)7-8-25/h1-6,13,18,28H,7,9-12,14-15H2. The van der Waals surface area contributed by atoms with Crippen molar-refractivity contribution < 1.29 is 19.0 Å². The van der Waals surface area contributed by atoms with Gasteiger partial charge in [-0.05, 0) is 35.9 Å². The Bertz CT molecular complexity index is 909. The van der Waals surface area contributed by atoms with E-state index in [1.807, 2.05) is 17.0 Å². The lowest BCUT2D eigenvalue weighted by molar-refractivity contribution is 0.0401. The highest BCUT2D eigenvalue weighted by Crippen LogP contribution is 2.18. The van der Waals surface area contributed by atoms with Crippen LogP contribution >= 0.6 is 11.6 Å². The van der Waals surface area contributed by atoms with Crippen molar-refractivity contribution in [3.8, 4) is 11.8 Å². The first-order chi connectivity index (χ1) is 14.5. The topological polar surface area (TPSA) is 76.8 Å². The van der Waals surface area contributed by atoms with Crippen LogP contribution in [0.25, 0.3) is 0 Å². The van der Waals surface area contributed by atoms with Gasteiger partial charge in [-0.3, -0.25) is 9.69 Å². The van der Waals surface area contributed by atoms with Crippen molar-refractivity contribution in [3.63, 3.8) is 0 Å². The number of hydrogen-bond acceptors (Lipinski definition) is 5. The van der Waals surface area contributed by atoms with Crippen molar-refractivity contribution in [2.75, 3.05) is 39.3 Å². The predicted octanol–water partition coefficient (Wildman–Crippen LogP) is 2.74. The smallest absolute Gasteiger partial charge is 0.256 e. The summed E-state index contributed by atoms with van der Waals surface area (Å²) in [5.41, 5.74) is 0.929. The first kappa shape index (κ1) is 22.0. The summed E-state index contributed by atoms with van der Waals surface area (Å²) in [6.07, 6.45) is -0.332. The van der Waals surface area contributed by atoms with Crippen LogP contribution in [0.2, 0.25) is 5.02 Å². The molecule has 1 fully saturated rings. The predicted molar refractivity (Wildman–Crippen MR) is 111 cm³/mol. The van der Waals surface area contributed by atoms with Gasteiger partial charge in [0.05, 0.1) is 18.1 Å². The number of β-amino-alcohol motifs (C(OH)–C–C–N with tert-alkyl or cyclic N) is 1. The maximum atomic E-state index is 14.0. The van der Waals surface area contributed by atoms with Crippen LogP contribution in [0.3, 0.4) is 0 Å². The normalized spacial score (nSPS) is 15.5. The third-order valence-corrected chi connectivity index (χ3v) is 5.17. The molecule has 1 atom stereocenters. The second-order valence-corrected chi connectivity index (χ2v) is 7.60. The van der Waals surface area contributed by atoms with Gasteiger partial charge in [0.15, 0.2) is 0 Å². The van der Waals surface area contributed by atoms with E-state index < -0.39 is 11.9 Å². The lowest BCUT2D eigenvalue weighted by Crippen LogP contribution is -2.51. The summed E-state index contributed by atoms with van der Waals surface area (Å²) in [6.45, 7) is 2.64. The Labute approximate surface area is 180 Å². The summed E-state index contributed by atoms with van der Waals surface area (Å²) >= 11 is 5.74. The van der Waals surface area contributed by atoms with Gasteiger partial charge in [0.1, 0.15) is 24.3 Å². The molecule has 1 heterocycles. The van der Waals surface area contributed by atoms with Crippen molar-refractivity contribution in [1.29, 1.82) is 5.26 Å². The van der Waals surface area contributed by atoms with Crippen LogP contribution in [0.5, 0.6) is 5.75 Å². The molecule has 0 aromatic heterocycles. The van der Waals surface area contributed by atoms with Crippen LogP contribution in [0.4, 0.5) is 4.39 Å². The molecule has 1 unspecified atom stereocenters. The molecular formula is C22H23ClFN3O3. The van der Waals surface area contributed by atoms with Crippen LogP contribution in [-0.4, -0.2) is 66.2 Å². The first-order valence-corrected chi connectivity index (χ1v) is 10.1. The first-order valence-electron chi connectivity index (χ1n) is 9.69. The number of nitriles is 1. The van der Waals surface area contributed by atoms with E-state index in [2.05, 4.69) is 6.07 Å². The Kier molecular flexibility index (Phi) is 7.63. The summed E-state index contributed by atoms with van der Waals surface area (Å²) in [5.74, 6) is -0.341. The van der Waals surface area contributed by atoms with Crippen LogP contribution in [-0.2, 0) is 6.42 Å². The van der Waals surface area contributed by atoms with Crippen molar-refractivity contribution in [2.45, 2.75) is 12.5 Å². The number of hydrogen-bond donors (Lipinski definition) is 1. The zero-order valence-electron chi connectivity index (χ0n) is 16.4. The average molecular weight is 432 g/mol. The molecule has 0 spiro atoms. The molecule has 0 bridgehead atoms. The van der Waals surface area contributed by atoms with E-state index in [1.54, 1.807) is 17.0 Å². The van der Waals surface area contributed by atoms with Crippen LogP contribution in [0.15, 0.2) is 42.5 Å². The minimum Gasteiger partial charge on any atom is -0.491 e. The highest BCUT2D eigenvalue weighted by Gasteiger charge is 2.25. The molecule has 2 aromatic rings. The Morgan fingerprint density at radius 3 is 2.53 bits per heavy atom. The highest BCUT2D eigenvalue weighted by molar-refractivity contribution is 6.30. The fourth-order valence-corrected chi connectivity index (χ4v) is 3.46. The minimum atomic E-state index is -0.681. The summed E-state index contributed by atoms with van der Waals surface area (Å²) < 4.78 is 19.6. The molecule has 158 valence electrons. The van der Waals surface area contributed by atoms with Crippen molar-refractivity contribution in [2.24, 2.45) is 0 Å². The van der Waals surface area contributed by atoms with Gasteiger partial charge in [0.2, 0.25) is 0 Å². The second-order valence-electron chi connectivity index (χ2n) is 7.16. The third-order valence-electron chi connectivity index (χ3n) is 4.94. The zero-order chi connectivity index (χ0) is 21.5. The summed E-state index contributed by atoms with van der Waals surface area (Å²) in [5, 5.41) is 19.2. The van der Waals surface area contributed by atoms with Gasteiger partial charge >= 0.3 is 0 Å². The molecule has 1 aliphatic rings. The SMILES string of the molecule is N#CCc1ccc(OCC(O)CN2CCN(C(=O)c3ccc(Cl)cc3F)CC2)cc1. The van der Waals surface area contributed by atoms with E-state index in [0.717, 1.165) is 11.6 Å². The second kappa shape index (κ2) is 10.4. The zero-order valence-corrected chi connectivity index (χ0v) is 17.2. The van der Waals surface area contributed by atoms with E-state index in [9.17, 15) is 14.3 Å². The quantitative estimate of drug-likeness (QED) is 0.729. The summed E-state index contributed by atoms with van der Waals surface area (Å²) in [6, 6.07) is 13.3. The minimum absolute atomic E-state index is 0.0158. The maximum absolute atomic E-state index is 14.0. The largest absolute Gasteiger partial charge is 0.491 e. The lowest BCUT2D eigenvalue weighted by atomic mass is 10.1. The van der Waals surface area contributed by atoms with E-state index in [4.69, 9.17) is 21.6 Å². The molecule has 8 heteroatoms. The Hall–Kier alpha value is -2.66. The van der Waals surface area contributed by atoms with Crippen molar-refractivity contribution in [1.82, 2.24) is 9.80 Å². The van der Waals surface area contributed by atoms with Crippen LogP contribution in [0, 0.1) is 17.1 Å². The molecule has 30 heavy (non-hydrogen) atoms. The van der Waals surface area contributed by atoms with Gasteiger partial charge in [-0.15, -0.1) is 0 Å². The lowest BCUT2D eigenvalue weighted by Gasteiger charge is -2.35. The fraction of sp³-hybridized carbons (Fsp3) is 0.364. The Morgan fingerprint density at radius 1 is 1.20 bits per heavy atom. The third kappa shape index (κ3) is 5.92. The number of rotatable bonds is 7. The molecule has 1 aliphatic heterocycles. The van der Waals surface area contributed by atoms with Crippen molar-refractivity contribution in [3.05, 3.63) is 64.4 Å². The van der Waals surface area contributed by atoms with E-state index in [1.165, 1.54) is 12.1 Å². The number of nitrogens with zero attached hydrogens (tertiary/aromatic N) is 3. The number of halogens is 2. The van der Waals surface area contributed by atoms with Crippen LogP contribution in [0.1, 0.15) is 15.9 Å². The highest BCUT2D eigenvalue weighted by atomic mass is 35.5. The number of benzene rings is 2. The summed E-state index contributed by atoms with van der Waals surface area (Å²) in [7, 11) is 0. The molecule has 1 saturated heterocycles. The molecule has 0 saturated carbocycles. The van der Waals surface area contributed by atoms with Crippen molar-refractivity contribution >= 4 is 17.5 Å². The Morgan fingerprint density at radius 2 is 1.90 bits per heavy atom. The Balaban J connectivity index is 1.42. The molecule has 3 rings (SSSR count). The number of aliphatic hydroxyl groups excluding tert-OH is 1.